The molecule has 0 nitrogen and oxygen atoms in total. The number of unbranched alkanes of at least 4 members (excludes halogenated alkanes) is 11. The molecule has 3 aromatic rings. The molecular formula is C38H56ClP. The molecule has 0 aliphatic rings. The van der Waals surface area contributed by atoms with Crippen LogP contribution in [-0.4, -0.2) is 24.6 Å². The average Bonchev–Trinajstić information content (AvgIpc) is 3.01. The van der Waals surface area contributed by atoms with Crippen LogP contribution < -0.4 is 0 Å². The molecule has 3 rings (SSSR count). The van der Waals surface area contributed by atoms with Crippen molar-refractivity contribution in [3.63, 3.8) is 0 Å². The third-order valence-corrected chi connectivity index (χ3v) is 16.5. The van der Waals surface area contributed by atoms with E-state index in [2.05, 4.69) is 97.9 Å². The van der Waals surface area contributed by atoms with E-state index in [9.17, 15) is 0 Å². The number of benzene rings is 3. The molecule has 0 radical (unpaired) electrons. The predicted octanol–water partition coefficient (Wildman–Crippen LogP) is 12.1. The van der Waals surface area contributed by atoms with Crippen LogP contribution in [0.25, 0.3) is 0 Å². The van der Waals surface area contributed by atoms with Crippen LogP contribution in [0.2, 0.25) is 0 Å². The van der Waals surface area contributed by atoms with E-state index in [0.29, 0.717) is 0 Å². The summed E-state index contributed by atoms with van der Waals surface area (Å²) in [5.74, 6) is -2.47. The number of aryl methyl sites for hydroxylation is 3. The van der Waals surface area contributed by atoms with Crippen LogP contribution in [0.5, 0.6) is 0 Å². The van der Waals surface area contributed by atoms with Crippen molar-refractivity contribution in [2.75, 3.05) is 24.6 Å². The van der Waals surface area contributed by atoms with Crippen molar-refractivity contribution in [1.29, 1.82) is 0 Å². The number of halogens is 1. The van der Waals surface area contributed by atoms with E-state index in [4.69, 9.17) is 11.2 Å². The zero-order valence-corrected chi connectivity index (χ0v) is 27.1. The zero-order chi connectivity index (χ0) is 28.2. The van der Waals surface area contributed by atoms with Crippen molar-refractivity contribution in [3.05, 3.63) is 108 Å². The Morgan fingerprint density at radius 1 is 0.400 bits per heavy atom. The Balaban J connectivity index is 1.60. The van der Waals surface area contributed by atoms with Gasteiger partial charge >= 0.3 is 239 Å². The van der Waals surface area contributed by atoms with Crippen molar-refractivity contribution in [2.24, 2.45) is 0 Å². The van der Waals surface area contributed by atoms with E-state index in [1.54, 1.807) is 0 Å². The molecule has 2 heteroatoms. The molecule has 220 valence electrons. The van der Waals surface area contributed by atoms with Crippen molar-refractivity contribution in [2.45, 2.75) is 103 Å². The van der Waals surface area contributed by atoms with Crippen LogP contribution in [-0.2, 0) is 19.3 Å². The third kappa shape index (κ3) is 12.9. The van der Waals surface area contributed by atoms with Gasteiger partial charge in [-0.05, 0) is 0 Å². The maximum atomic E-state index is 8.21. The van der Waals surface area contributed by atoms with Gasteiger partial charge in [-0.15, -0.1) is 0 Å². The summed E-state index contributed by atoms with van der Waals surface area (Å²) in [7, 11) is 0. The summed E-state index contributed by atoms with van der Waals surface area (Å²) in [6.45, 7) is 2.30. The fourth-order valence-electron chi connectivity index (χ4n) is 6.18. The molecule has 40 heavy (non-hydrogen) atoms. The number of hydrogen-bond acceptors (Lipinski definition) is 0. The Bertz CT molecular complexity index is 908. The Morgan fingerprint density at radius 2 is 0.700 bits per heavy atom. The molecule has 0 saturated heterocycles. The summed E-state index contributed by atoms with van der Waals surface area (Å²) >= 11 is 8.21. The molecular weight excluding hydrogens is 523 g/mol. The molecule has 0 aliphatic carbocycles. The Hall–Kier alpha value is -1.62. The Labute approximate surface area is 252 Å². The molecule has 0 unspecified atom stereocenters. The molecule has 0 amide bonds. The first kappa shape index (κ1) is 32.9. The zero-order valence-electron chi connectivity index (χ0n) is 25.4. The molecule has 0 fully saturated rings. The fourth-order valence-corrected chi connectivity index (χ4v) is 12.1. The second-order valence-electron chi connectivity index (χ2n) is 12.3. The molecule has 0 N–H and O–H groups in total. The van der Waals surface area contributed by atoms with Gasteiger partial charge in [-0.3, -0.25) is 0 Å². The first-order chi connectivity index (χ1) is 19.6. The van der Waals surface area contributed by atoms with E-state index < -0.39 is 5.96 Å². The third-order valence-electron chi connectivity index (χ3n) is 8.98. The van der Waals surface area contributed by atoms with E-state index in [1.165, 1.54) is 99.9 Å². The summed E-state index contributed by atoms with van der Waals surface area (Å²) in [4.78, 5) is 0. The molecule has 0 heterocycles. The SMILES string of the molecule is CCCCCCCCCCCCCCP(Cl)(CCc1ccccc1)(CCc1ccccc1)CCc1ccccc1. The van der Waals surface area contributed by atoms with Gasteiger partial charge in [-0.25, -0.2) is 0 Å². The summed E-state index contributed by atoms with van der Waals surface area (Å²) in [5.41, 5.74) is 4.31. The van der Waals surface area contributed by atoms with Crippen molar-refractivity contribution in [3.8, 4) is 0 Å². The van der Waals surface area contributed by atoms with Gasteiger partial charge in [0.05, 0.1) is 0 Å². The molecule has 3 aromatic carbocycles. The van der Waals surface area contributed by atoms with Crippen LogP contribution >= 0.6 is 17.2 Å². The maximum absolute atomic E-state index is 8.21. The van der Waals surface area contributed by atoms with E-state index >= 15 is 0 Å². The van der Waals surface area contributed by atoms with Gasteiger partial charge in [0, 0.05) is 0 Å². The molecule has 0 saturated carbocycles. The van der Waals surface area contributed by atoms with Crippen molar-refractivity contribution in [1.82, 2.24) is 0 Å². The first-order valence-corrected chi connectivity index (χ1v) is 20.3. The fraction of sp³-hybridized carbons (Fsp3) is 0.526. The second kappa shape index (κ2) is 18.7. The number of hydrogen-bond donors (Lipinski definition) is 0. The van der Waals surface area contributed by atoms with Gasteiger partial charge in [0.15, 0.2) is 0 Å². The quantitative estimate of drug-likeness (QED) is 0.0821. The van der Waals surface area contributed by atoms with Gasteiger partial charge < -0.3 is 0 Å². The Morgan fingerprint density at radius 3 is 1.02 bits per heavy atom. The number of rotatable bonds is 22. The summed E-state index contributed by atoms with van der Waals surface area (Å²) < 4.78 is 0. The van der Waals surface area contributed by atoms with Gasteiger partial charge in [-0.2, -0.15) is 0 Å². The summed E-state index contributed by atoms with van der Waals surface area (Å²) in [6, 6.07) is 33.2. The van der Waals surface area contributed by atoms with Crippen LogP contribution in [0.1, 0.15) is 101 Å². The average molecular weight is 579 g/mol. The van der Waals surface area contributed by atoms with Gasteiger partial charge in [0.1, 0.15) is 0 Å². The normalized spacial score (nSPS) is 12.7. The van der Waals surface area contributed by atoms with Crippen LogP contribution in [0.3, 0.4) is 0 Å². The predicted molar refractivity (Wildman–Crippen MR) is 184 cm³/mol. The summed E-state index contributed by atoms with van der Waals surface area (Å²) in [5, 5.41) is 0. The molecule has 0 atom stereocenters. The topological polar surface area (TPSA) is 0 Å². The second-order valence-corrected chi connectivity index (χ2v) is 20.6. The first-order valence-electron chi connectivity index (χ1n) is 16.4. The Kier molecular flexibility index (Phi) is 15.4. The van der Waals surface area contributed by atoms with Crippen LogP contribution in [0, 0.1) is 0 Å². The van der Waals surface area contributed by atoms with E-state index in [0.717, 1.165) is 37.7 Å². The van der Waals surface area contributed by atoms with Crippen molar-refractivity contribution < 1.29 is 0 Å². The summed E-state index contributed by atoms with van der Waals surface area (Å²) in [6.07, 6.45) is 24.7. The monoisotopic (exact) mass is 578 g/mol. The van der Waals surface area contributed by atoms with Crippen molar-refractivity contribution >= 4 is 17.2 Å². The van der Waals surface area contributed by atoms with Crippen LogP contribution in [0.15, 0.2) is 91.0 Å². The van der Waals surface area contributed by atoms with E-state index in [-0.39, 0.29) is 0 Å². The molecule has 0 spiro atoms. The molecule has 0 aliphatic heterocycles. The van der Waals surface area contributed by atoms with Gasteiger partial charge in [0.2, 0.25) is 0 Å². The van der Waals surface area contributed by atoms with E-state index in [1.807, 2.05) is 0 Å². The molecule has 0 bridgehead atoms. The standard InChI is InChI=1S/C38H56ClP/c1-2-3-4-5-6-7-8-9-10-11-12-22-32-40(39,33-29-36-23-16-13-17-24-36,34-30-37-25-18-14-19-26-37)35-31-38-27-20-15-21-28-38/h13-21,23-28H,2-12,22,29-35H2,1H3. The minimum absolute atomic E-state index is 1.10. The minimum atomic E-state index is -2.47. The van der Waals surface area contributed by atoms with Crippen LogP contribution in [0.4, 0.5) is 0 Å². The molecule has 0 aromatic heterocycles. The van der Waals surface area contributed by atoms with Gasteiger partial charge in [0.25, 0.3) is 0 Å². The van der Waals surface area contributed by atoms with Gasteiger partial charge in [-0.1, -0.05) is 13.3 Å².